The standard InChI is InChI=1S/C20H38N4O2/c1-5-20(6-2)16(14-17(20)26-8-4)24-19(21-7-3)22-13-9-10-18(25)23-15-11-12-15/h15-17H,5-14H2,1-4H3,(H,23,25)(H2,21,22,24). The molecule has 3 N–H and O–H groups in total. The molecular weight excluding hydrogens is 328 g/mol. The molecule has 2 fully saturated rings. The van der Waals surface area contributed by atoms with Gasteiger partial charge < -0.3 is 20.7 Å². The van der Waals surface area contributed by atoms with Gasteiger partial charge in [0.15, 0.2) is 5.96 Å². The van der Waals surface area contributed by atoms with Crippen molar-refractivity contribution in [3.8, 4) is 0 Å². The third kappa shape index (κ3) is 5.35. The summed E-state index contributed by atoms with van der Waals surface area (Å²) in [6.07, 6.45) is 7.20. The van der Waals surface area contributed by atoms with E-state index >= 15 is 0 Å². The van der Waals surface area contributed by atoms with Crippen LogP contribution in [0.4, 0.5) is 0 Å². The molecular formula is C20H38N4O2. The van der Waals surface area contributed by atoms with Gasteiger partial charge in [0.25, 0.3) is 0 Å². The van der Waals surface area contributed by atoms with Crippen LogP contribution in [0.3, 0.4) is 0 Å². The van der Waals surface area contributed by atoms with Gasteiger partial charge in [-0.15, -0.1) is 0 Å². The number of guanidine groups is 1. The summed E-state index contributed by atoms with van der Waals surface area (Å²) in [5.41, 5.74) is 0.191. The van der Waals surface area contributed by atoms with Crippen LogP contribution in [-0.2, 0) is 9.53 Å². The first-order chi connectivity index (χ1) is 12.6. The molecule has 2 aliphatic carbocycles. The summed E-state index contributed by atoms with van der Waals surface area (Å²) in [6, 6.07) is 0.836. The monoisotopic (exact) mass is 366 g/mol. The molecule has 26 heavy (non-hydrogen) atoms. The molecule has 2 aliphatic rings. The van der Waals surface area contributed by atoms with Gasteiger partial charge in [0.1, 0.15) is 0 Å². The number of hydrogen-bond acceptors (Lipinski definition) is 3. The number of hydrogen-bond donors (Lipinski definition) is 3. The minimum atomic E-state index is 0.162. The van der Waals surface area contributed by atoms with E-state index in [2.05, 4.69) is 48.6 Å². The van der Waals surface area contributed by atoms with Crippen LogP contribution < -0.4 is 16.0 Å². The molecule has 6 heteroatoms. The summed E-state index contributed by atoms with van der Waals surface area (Å²) < 4.78 is 5.96. The Morgan fingerprint density at radius 2 is 1.88 bits per heavy atom. The van der Waals surface area contributed by atoms with Gasteiger partial charge in [0, 0.05) is 43.6 Å². The van der Waals surface area contributed by atoms with Crippen molar-refractivity contribution in [2.45, 2.75) is 90.8 Å². The highest BCUT2D eigenvalue weighted by molar-refractivity contribution is 5.80. The molecule has 0 aliphatic heterocycles. The van der Waals surface area contributed by atoms with Gasteiger partial charge in [-0.05, 0) is 52.4 Å². The van der Waals surface area contributed by atoms with Crippen molar-refractivity contribution < 1.29 is 9.53 Å². The second-order valence-corrected chi connectivity index (χ2v) is 7.52. The summed E-state index contributed by atoms with van der Waals surface area (Å²) in [5, 5.41) is 9.99. The van der Waals surface area contributed by atoms with Gasteiger partial charge in [-0.1, -0.05) is 13.8 Å². The maximum absolute atomic E-state index is 11.8. The fourth-order valence-electron chi connectivity index (χ4n) is 4.03. The molecule has 2 rings (SSSR count). The first-order valence-corrected chi connectivity index (χ1v) is 10.5. The quantitative estimate of drug-likeness (QED) is 0.298. The van der Waals surface area contributed by atoms with Crippen LogP contribution in [0, 0.1) is 5.41 Å². The van der Waals surface area contributed by atoms with Crippen molar-refractivity contribution >= 4 is 11.9 Å². The van der Waals surface area contributed by atoms with Crippen molar-refractivity contribution in [2.24, 2.45) is 10.4 Å². The van der Waals surface area contributed by atoms with E-state index in [1.807, 2.05) is 0 Å². The van der Waals surface area contributed by atoms with E-state index in [-0.39, 0.29) is 11.3 Å². The van der Waals surface area contributed by atoms with Gasteiger partial charge >= 0.3 is 0 Å². The molecule has 0 aromatic carbocycles. The number of amides is 1. The smallest absolute Gasteiger partial charge is 0.220 e. The Balaban J connectivity index is 1.82. The third-order valence-electron chi connectivity index (χ3n) is 5.90. The molecule has 6 nitrogen and oxygen atoms in total. The van der Waals surface area contributed by atoms with Crippen LogP contribution in [0.2, 0.25) is 0 Å². The van der Waals surface area contributed by atoms with Crippen molar-refractivity contribution in [2.75, 3.05) is 19.7 Å². The Bertz CT molecular complexity index is 472. The lowest BCUT2D eigenvalue weighted by molar-refractivity contribution is -0.133. The van der Waals surface area contributed by atoms with E-state index in [0.29, 0.717) is 31.2 Å². The fourth-order valence-corrected chi connectivity index (χ4v) is 4.03. The number of carbonyl (C=O) groups is 1. The number of rotatable bonds is 11. The van der Waals surface area contributed by atoms with Crippen molar-refractivity contribution in [1.82, 2.24) is 16.0 Å². The minimum Gasteiger partial charge on any atom is -0.378 e. The average molecular weight is 367 g/mol. The van der Waals surface area contributed by atoms with Gasteiger partial charge in [-0.3, -0.25) is 9.79 Å². The molecule has 1 amide bonds. The lowest BCUT2D eigenvalue weighted by Crippen LogP contribution is -2.65. The van der Waals surface area contributed by atoms with E-state index in [1.54, 1.807) is 0 Å². The molecule has 0 heterocycles. The van der Waals surface area contributed by atoms with E-state index in [9.17, 15) is 4.79 Å². The van der Waals surface area contributed by atoms with Crippen LogP contribution in [0.5, 0.6) is 0 Å². The highest BCUT2D eigenvalue weighted by atomic mass is 16.5. The zero-order valence-corrected chi connectivity index (χ0v) is 17.1. The lowest BCUT2D eigenvalue weighted by atomic mass is 9.58. The SMILES string of the molecule is CCNC(=NCCCC(=O)NC1CC1)NC1CC(OCC)C1(CC)CC. The number of ether oxygens (including phenoxy) is 1. The van der Waals surface area contributed by atoms with E-state index in [0.717, 1.165) is 57.6 Å². The normalized spacial score (nSPS) is 24.7. The molecule has 0 aromatic heterocycles. The molecule has 0 aromatic rings. The Kier molecular flexibility index (Phi) is 8.19. The molecule has 0 bridgehead atoms. The summed E-state index contributed by atoms with van der Waals surface area (Å²) in [6.45, 7) is 10.9. The molecule has 150 valence electrons. The van der Waals surface area contributed by atoms with Crippen molar-refractivity contribution in [1.29, 1.82) is 0 Å². The Labute approximate surface area is 158 Å². The van der Waals surface area contributed by atoms with Crippen LogP contribution >= 0.6 is 0 Å². The summed E-state index contributed by atoms with van der Waals surface area (Å²) >= 11 is 0. The molecule has 0 spiro atoms. The predicted octanol–water partition coefficient (Wildman–Crippen LogP) is 2.58. The zero-order chi connectivity index (χ0) is 19.0. The number of aliphatic imine (C=N–C) groups is 1. The Morgan fingerprint density at radius 3 is 2.46 bits per heavy atom. The second-order valence-electron chi connectivity index (χ2n) is 7.52. The maximum atomic E-state index is 11.8. The predicted molar refractivity (Wildman–Crippen MR) is 106 cm³/mol. The molecule has 2 unspecified atom stereocenters. The Hall–Kier alpha value is -1.30. The molecule has 0 saturated heterocycles. The Morgan fingerprint density at radius 1 is 1.15 bits per heavy atom. The lowest BCUT2D eigenvalue weighted by Gasteiger charge is -2.55. The van der Waals surface area contributed by atoms with E-state index in [4.69, 9.17) is 4.74 Å². The largest absolute Gasteiger partial charge is 0.378 e. The number of nitrogens with one attached hydrogen (secondary N) is 3. The van der Waals surface area contributed by atoms with Gasteiger partial charge in [0.2, 0.25) is 5.91 Å². The van der Waals surface area contributed by atoms with Gasteiger partial charge in [-0.25, -0.2) is 0 Å². The molecule has 0 radical (unpaired) electrons. The van der Waals surface area contributed by atoms with Crippen LogP contribution in [0.1, 0.15) is 72.6 Å². The van der Waals surface area contributed by atoms with Crippen molar-refractivity contribution in [3.05, 3.63) is 0 Å². The van der Waals surface area contributed by atoms with Crippen LogP contribution in [0.15, 0.2) is 4.99 Å². The molecule has 2 atom stereocenters. The highest BCUT2D eigenvalue weighted by Gasteiger charge is 2.53. The summed E-state index contributed by atoms with van der Waals surface area (Å²) in [7, 11) is 0. The van der Waals surface area contributed by atoms with Crippen molar-refractivity contribution in [3.63, 3.8) is 0 Å². The average Bonchev–Trinajstić information content (AvgIpc) is 3.42. The fraction of sp³-hybridized carbons (Fsp3) is 0.900. The molecule has 2 saturated carbocycles. The van der Waals surface area contributed by atoms with Crippen LogP contribution in [0.25, 0.3) is 0 Å². The summed E-state index contributed by atoms with van der Waals surface area (Å²) in [4.78, 5) is 16.4. The maximum Gasteiger partial charge on any atom is 0.220 e. The van der Waals surface area contributed by atoms with Crippen LogP contribution in [-0.4, -0.2) is 49.8 Å². The highest BCUT2D eigenvalue weighted by Crippen LogP contribution is 2.48. The topological polar surface area (TPSA) is 74.8 Å². The number of carbonyl (C=O) groups excluding carboxylic acids is 1. The second kappa shape index (κ2) is 10.1. The minimum absolute atomic E-state index is 0.162. The van der Waals surface area contributed by atoms with E-state index < -0.39 is 0 Å². The third-order valence-corrected chi connectivity index (χ3v) is 5.90. The summed E-state index contributed by atoms with van der Waals surface area (Å²) in [5.74, 6) is 1.02. The zero-order valence-electron chi connectivity index (χ0n) is 17.1. The number of nitrogens with zero attached hydrogens (tertiary/aromatic N) is 1. The first-order valence-electron chi connectivity index (χ1n) is 10.5. The van der Waals surface area contributed by atoms with E-state index in [1.165, 1.54) is 0 Å². The van der Waals surface area contributed by atoms with Gasteiger partial charge in [0.05, 0.1) is 6.10 Å². The first kappa shape index (κ1) is 21.0. The van der Waals surface area contributed by atoms with Gasteiger partial charge in [-0.2, -0.15) is 0 Å².